The summed E-state index contributed by atoms with van der Waals surface area (Å²) in [5.74, 6) is 0.836. The Morgan fingerprint density at radius 2 is 1.77 bits per heavy atom. The van der Waals surface area contributed by atoms with Crippen molar-refractivity contribution in [3.63, 3.8) is 0 Å². The molecule has 2 aromatic carbocycles. The van der Waals surface area contributed by atoms with Crippen LogP contribution in [0.1, 0.15) is 6.42 Å². The third-order valence-electron chi connectivity index (χ3n) is 5.16. The number of para-hydroxylation sites is 1. The predicted molar refractivity (Wildman–Crippen MR) is 125 cm³/mol. The van der Waals surface area contributed by atoms with E-state index in [4.69, 9.17) is 14.1 Å². The van der Waals surface area contributed by atoms with E-state index < -0.39 is 0 Å². The molecular weight excluding hydrogens is 376 g/mol. The van der Waals surface area contributed by atoms with Crippen LogP contribution in [0.3, 0.4) is 0 Å². The molecule has 0 aliphatic carbocycles. The van der Waals surface area contributed by atoms with E-state index >= 15 is 0 Å². The summed E-state index contributed by atoms with van der Waals surface area (Å²) in [6.45, 7) is 3.42. The normalized spacial score (nSPS) is 11.9. The molecule has 0 atom stereocenters. The molecule has 0 bridgehead atoms. The average molecular weight is 407 g/mol. The van der Waals surface area contributed by atoms with Gasteiger partial charge in [0.15, 0.2) is 5.58 Å². The van der Waals surface area contributed by atoms with Crippen LogP contribution in [0.25, 0.3) is 33.0 Å². The van der Waals surface area contributed by atoms with Gasteiger partial charge in [0.25, 0.3) is 0 Å². The molecule has 2 heterocycles. The Kier molecular flexibility index (Phi) is 6.06. The minimum absolute atomic E-state index is 0.642. The van der Waals surface area contributed by atoms with E-state index in [1.54, 1.807) is 0 Å². The summed E-state index contributed by atoms with van der Waals surface area (Å²) in [5, 5.41) is 5.67. The Morgan fingerprint density at radius 1 is 0.967 bits per heavy atom. The van der Waals surface area contributed by atoms with Crippen molar-refractivity contribution in [2.45, 2.75) is 6.42 Å². The Morgan fingerprint density at radius 3 is 2.57 bits per heavy atom. The van der Waals surface area contributed by atoms with E-state index in [0.29, 0.717) is 6.61 Å². The fraction of sp³-hybridized carbons (Fsp3) is 0.375. The average Bonchev–Trinajstić information content (AvgIpc) is 3.07. The van der Waals surface area contributed by atoms with Gasteiger partial charge in [0, 0.05) is 18.5 Å². The van der Waals surface area contributed by atoms with Crippen molar-refractivity contribution in [2.24, 2.45) is 0 Å². The summed E-state index contributed by atoms with van der Waals surface area (Å²) in [7, 11) is 8.27. The SMILES string of the molecule is CN(C)CCCNc1c2ccccc2nc2c1oc1ccc(OCCN(C)C)cc12. The second kappa shape index (κ2) is 8.90. The summed E-state index contributed by atoms with van der Waals surface area (Å²) in [6, 6.07) is 14.2. The second-order valence-corrected chi connectivity index (χ2v) is 8.18. The zero-order valence-electron chi connectivity index (χ0n) is 18.2. The van der Waals surface area contributed by atoms with Gasteiger partial charge in [0.1, 0.15) is 23.5 Å². The van der Waals surface area contributed by atoms with Gasteiger partial charge in [-0.05, 0) is 65.4 Å². The molecule has 1 N–H and O–H groups in total. The molecule has 0 aliphatic heterocycles. The van der Waals surface area contributed by atoms with Crippen LogP contribution in [-0.4, -0.2) is 69.2 Å². The van der Waals surface area contributed by atoms with Crippen LogP contribution in [0.15, 0.2) is 46.9 Å². The third-order valence-corrected chi connectivity index (χ3v) is 5.16. The highest BCUT2D eigenvalue weighted by Crippen LogP contribution is 2.38. The Bertz CT molecular complexity index is 1150. The number of likely N-dealkylation sites (N-methyl/N-ethyl adjacent to an activating group) is 1. The van der Waals surface area contributed by atoms with Crippen LogP contribution in [0.5, 0.6) is 5.75 Å². The summed E-state index contributed by atoms with van der Waals surface area (Å²) in [4.78, 5) is 9.23. The Balaban J connectivity index is 1.74. The first-order valence-electron chi connectivity index (χ1n) is 10.4. The molecular formula is C24H30N4O2. The second-order valence-electron chi connectivity index (χ2n) is 8.18. The van der Waals surface area contributed by atoms with Crippen molar-refractivity contribution in [1.82, 2.24) is 14.8 Å². The Labute approximate surface area is 177 Å². The van der Waals surface area contributed by atoms with Crippen molar-refractivity contribution < 1.29 is 9.15 Å². The van der Waals surface area contributed by atoms with Gasteiger partial charge in [-0.3, -0.25) is 0 Å². The lowest BCUT2D eigenvalue weighted by Crippen LogP contribution is -2.19. The van der Waals surface area contributed by atoms with Gasteiger partial charge in [-0.1, -0.05) is 18.2 Å². The van der Waals surface area contributed by atoms with Gasteiger partial charge in [0.05, 0.1) is 16.6 Å². The zero-order valence-corrected chi connectivity index (χ0v) is 18.2. The first kappa shape index (κ1) is 20.4. The minimum atomic E-state index is 0.642. The van der Waals surface area contributed by atoms with Gasteiger partial charge in [-0.2, -0.15) is 0 Å². The molecule has 6 heteroatoms. The fourth-order valence-corrected chi connectivity index (χ4v) is 3.59. The molecule has 0 saturated heterocycles. The van der Waals surface area contributed by atoms with E-state index in [1.807, 2.05) is 44.4 Å². The van der Waals surface area contributed by atoms with Gasteiger partial charge >= 0.3 is 0 Å². The van der Waals surface area contributed by atoms with Gasteiger partial charge in [0.2, 0.25) is 0 Å². The van der Waals surface area contributed by atoms with Crippen LogP contribution < -0.4 is 10.1 Å². The minimum Gasteiger partial charge on any atom is -0.492 e. The highest BCUT2D eigenvalue weighted by Gasteiger charge is 2.16. The Hall–Kier alpha value is -2.83. The van der Waals surface area contributed by atoms with Crippen LogP contribution in [0.4, 0.5) is 5.69 Å². The van der Waals surface area contributed by atoms with E-state index in [1.165, 1.54) is 0 Å². The summed E-state index contributed by atoms with van der Waals surface area (Å²) >= 11 is 0. The molecule has 158 valence electrons. The fourth-order valence-electron chi connectivity index (χ4n) is 3.59. The summed E-state index contributed by atoms with van der Waals surface area (Å²) in [6.07, 6.45) is 1.05. The summed E-state index contributed by atoms with van der Waals surface area (Å²) in [5.41, 5.74) is 4.47. The van der Waals surface area contributed by atoms with E-state index in [9.17, 15) is 0 Å². The monoisotopic (exact) mass is 406 g/mol. The van der Waals surface area contributed by atoms with Crippen molar-refractivity contribution in [3.8, 4) is 5.75 Å². The number of furan rings is 1. The largest absolute Gasteiger partial charge is 0.492 e. The maximum atomic E-state index is 6.27. The van der Waals surface area contributed by atoms with E-state index in [-0.39, 0.29) is 0 Å². The number of aromatic nitrogens is 1. The van der Waals surface area contributed by atoms with Crippen LogP contribution >= 0.6 is 0 Å². The van der Waals surface area contributed by atoms with Crippen molar-refractivity contribution in [1.29, 1.82) is 0 Å². The third kappa shape index (κ3) is 4.35. The van der Waals surface area contributed by atoms with Crippen LogP contribution in [0.2, 0.25) is 0 Å². The molecule has 0 radical (unpaired) electrons. The smallest absolute Gasteiger partial charge is 0.177 e. The van der Waals surface area contributed by atoms with Gasteiger partial charge < -0.3 is 24.3 Å². The number of nitrogens with one attached hydrogen (secondary N) is 1. The molecule has 0 fully saturated rings. The molecule has 4 aromatic rings. The number of ether oxygens (including phenoxy) is 1. The number of nitrogens with zero attached hydrogens (tertiary/aromatic N) is 3. The lowest BCUT2D eigenvalue weighted by Gasteiger charge is -2.12. The number of rotatable bonds is 9. The molecule has 2 aromatic heterocycles. The highest BCUT2D eigenvalue weighted by atomic mass is 16.5. The quantitative estimate of drug-likeness (QED) is 0.415. The lowest BCUT2D eigenvalue weighted by atomic mass is 10.1. The standard InChI is InChI=1S/C24H30N4O2/c1-27(2)13-7-12-25-22-18-8-5-6-9-20(18)26-23-19-16-17(29-15-14-28(3)4)10-11-21(19)30-24(22)23/h5-6,8-11,16H,7,12-15H2,1-4H3,(H,25,26). The van der Waals surface area contributed by atoms with E-state index in [0.717, 1.165) is 70.5 Å². The van der Waals surface area contributed by atoms with Crippen molar-refractivity contribution >= 4 is 38.7 Å². The predicted octanol–water partition coefficient (Wildman–Crippen LogP) is 4.44. The van der Waals surface area contributed by atoms with Crippen LogP contribution in [0, 0.1) is 0 Å². The van der Waals surface area contributed by atoms with Crippen molar-refractivity contribution in [3.05, 3.63) is 42.5 Å². The zero-order chi connectivity index (χ0) is 21.1. The van der Waals surface area contributed by atoms with Gasteiger partial charge in [-0.15, -0.1) is 0 Å². The highest BCUT2D eigenvalue weighted by molar-refractivity contribution is 6.14. The maximum absolute atomic E-state index is 6.27. The molecule has 0 amide bonds. The molecule has 4 rings (SSSR count). The molecule has 30 heavy (non-hydrogen) atoms. The number of benzene rings is 2. The van der Waals surface area contributed by atoms with Gasteiger partial charge in [-0.25, -0.2) is 4.98 Å². The first-order valence-corrected chi connectivity index (χ1v) is 10.4. The van der Waals surface area contributed by atoms with E-state index in [2.05, 4.69) is 41.3 Å². The summed E-state index contributed by atoms with van der Waals surface area (Å²) < 4.78 is 12.2. The van der Waals surface area contributed by atoms with Crippen LogP contribution in [-0.2, 0) is 0 Å². The molecule has 0 unspecified atom stereocenters. The molecule has 6 nitrogen and oxygen atoms in total. The number of hydrogen-bond acceptors (Lipinski definition) is 6. The number of fused-ring (bicyclic) bond motifs is 4. The topological polar surface area (TPSA) is 53.8 Å². The number of anilines is 1. The molecule has 0 aliphatic rings. The van der Waals surface area contributed by atoms with Crippen molar-refractivity contribution in [2.75, 3.05) is 59.7 Å². The number of hydrogen-bond donors (Lipinski definition) is 1. The first-order chi connectivity index (χ1) is 14.5. The number of pyridine rings is 1. The molecule has 0 spiro atoms. The molecule has 0 saturated carbocycles. The maximum Gasteiger partial charge on any atom is 0.177 e. The lowest BCUT2D eigenvalue weighted by molar-refractivity contribution is 0.261.